The van der Waals surface area contributed by atoms with Gasteiger partial charge < -0.3 is 9.64 Å². The van der Waals surface area contributed by atoms with Crippen molar-refractivity contribution in [2.45, 2.75) is 33.9 Å². The molecular weight excluding hydrogens is 246 g/mol. The average Bonchev–Trinajstić information content (AvgIpc) is 2.42. The summed E-state index contributed by atoms with van der Waals surface area (Å²) in [6.45, 7) is 9.35. The van der Waals surface area contributed by atoms with Crippen LogP contribution in [0.5, 0.6) is 5.75 Å². The number of anilines is 1. The first-order chi connectivity index (χ1) is 9.61. The molecule has 1 unspecified atom stereocenters. The van der Waals surface area contributed by atoms with Gasteiger partial charge >= 0.3 is 0 Å². The first kappa shape index (κ1) is 14.4. The molecule has 106 valence electrons. The first-order valence-corrected chi connectivity index (χ1v) is 7.17. The van der Waals surface area contributed by atoms with Crippen LogP contribution in [0.3, 0.4) is 0 Å². The number of benzene rings is 2. The van der Waals surface area contributed by atoms with E-state index in [-0.39, 0.29) is 6.23 Å². The third kappa shape index (κ3) is 3.32. The van der Waals surface area contributed by atoms with Gasteiger partial charge in [0.25, 0.3) is 0 Å². The highest BCUT2D eigenvalue weighted by atomic mass is 16.5. The molecule has 0 aliphatic carbocycles. The number of hydrogen-bond acceptors (Lipinski definition) is 2. The Balaban J connectivity index is 2.17. The van der Waals surface area contributed by atoms with Crippen molar-refractivity contribution >= 4 is 5.69 Å². The summed E-state index contributed by atoms with van der Waals surface area (Å²) in [5.41, 5.74) is 3.64. The topological polar surface area (TPSA) is 12.5 Å². The molecular formula is C18H23NO. The number of hydrogen-bond donors (Lipinski definition) is 0. The van der Waals surface area contributed by atoms with Crippen LogP contribution in [0.1, 0.15) is 25.0 Å². The second-order valence-electron chi connectivity index (χ2n) is 5.11. The van der Waals surface area contributed by atoms with Crippen LogP contribution in [0, 0.1) is 13.8 Å². The zero-order chi connectivity index (χ0) is 14.5. The van der Waals surface area contributed by atoms with Gasteiger partial charge in [0.05, 0.1) is 0 Å². The average molecular weight is 269 g/mol. The van der Waals surface area contributed by atoms with Gasteiger partial charge in [-0.05, 0) is 57.0 Å². The van der Waals surface area contributed by atoms with Gasteiger partial charge in [-0.1, -0.05) is 30.3 Å². The molecule has 1 atom stereocenters. The minimum absolute atomic E-state index is 0.00269. The van der Waals surface area contributed by atoms with E-state index in [9.17, 15) is 0 Å². The summed E-state index contributed by atoms with van der Waals surface area (Å²) in [5, 5.41) is 0. The van der Waals surface area contributed by atoms with Crippen LogP contribution in [0.15, 0.2) is 48.5 Å². The van der Waals surface area contributed by atoms with E-state index in [1.54, 1.807) is 0 Å². The minimum atomic E-state index is 0.00269. The lowest BCUT2D eigenvalue weighted by Gasteiger charge is -2.31. The van der Waals surface area contributed by atoms with E-state index >= 15 is 0 Å². The molecule has 0 aromatic heterocycles. The molecule has 2 aromatic rings. The minimum Gasteiger partial charge on any atom is -0.471 e. The van der Waals surface area contributed by atoms with Crippen LogP contribution >= 0.6 is 0 Å². The molecule has 0 amide bonds. The van der Waals surface area contributed by atoms with Crippen molar-refractivity contribution in [1.29, 1.82) is 0 Å². The summed E-state index contributed by atoms with van der Waals surface area (Å²) < 4.78 is 6.12. The third-order valence-electron chi connectivity index (χ3n) is 3.50. The Morgan fingerprint density at radius 2 is 1.80 bits per heavy atom. The maximum Gasteiger partial charge on any atom is 0.169 e. The molecule has 0 aliphatic rings. The van der Waals surface area contributed by atoms with Crippen LogP contribution in [-0.4, -0.2) is 12.8 Å². The molecule has 2 aromatic carbocycles. The molecule has 0 aliphatic heterocycles. The van der Waals surface area contributed by atoms with Gasteiger partial charge in [-0.25, -0.2) is 0 Å². The van der Waals surface area contributed by atoms with E-state index in [1.807, 2.05) is 18.2 Å². The monoisotopic (exact) mass is 269 g/mol. The lowest BCUT2D eigenvalue weighted by molar-refractivity contribution is 0.215. The van der Waals surface area contributed by atoms with Gasteiger partial charge in [0.2, 0.25) is 0 Å². The van der Waals surface area contributed by atoms with Gasteiger partial charge in [0, 0.05) is 12.2 Å². The number of rotatable bonds is 5. The molecule has 2 nitrogen and oxygen atoms in total. The summed E-state index contributed by atoms with van der Waals surface area (Å²) in [7, 11) is 0. The zero-order valence-electron chi connectivity index (χ0n) is 12.8. The third-order valence-corrected chi connectivity index (χ3v) is 3.50. The van der Waals surface area contributed by atoms with Crippen molar-refractivity contribution in [3.63, 3.8) is 0 Å². The van der Waals surface area contributed by atoms with Gasteiger partial charge in [0.15, 0.2) is 6.23 Å². The van der Waals surface area contributed by atoms with Gasteiger partial charge in [0.1, 0.15) is 5.75 Å². The number of para-hydroxylation sites is 1. The van der Waals surface area contributed by atoms with Crippen molar-refractivity contribution in [3.8, 4) is 5.75 Å². The van der Waals surface area contributed by atoms with Crippen LogP contribution in [-0.2, 0) is 0 Å². The molecule has 0 fully saturated rings. The number of ether oxygens (including phenoxy) is 1. The molecule has 0 saturated carbocycles. The SMILES string of the molecule is CCN(c1cccc(C)c1)C(C)Oc1ccccc1C. The maximum atomic E-state index is 6.12. The van der Waals surface area contributed by atoms with Gasteiger partial charge in [-0.2, -0.15) is 0 Å². The van der Waals surface area contributed by atoms with Crippen LogP contribution < -0.4 is 9.64 Å². The Morgan fingerprint density at radius 1 is 1.05 bits per heavy atom. The van der Waals surface area contributed by atoms with Gasteiger partial charge in [-0.15, -0.1) is 0 Å². The van der Waals surface area contributed by atoms with Crippen molar-refractivity contribution in [2.75, 3.05) is 11.4 Å². The highest BCUT2D eigenvalue weighted by Gasteiger charge is 2.15. The van der Waals surface area contributed by atoms with Crippen molar-refractivity contribution in [2.24, 2.45) is 0 Å². The van der Waals surface area contributed by atoms with Crippen LogP contribution in [0.2, 0.25) is 0 Å². The van der Waals surface area contributed by atoms with Crippen LogP contribution in [0.4, 0.5) is 5.69 Å². The second kappa shape index (κ2) is 6.47. The Labute approximate surface area is 122 Å². The predicted octanol–water partition coefficient (Wildman–Crippen LogP) is 4.55. The largest absolute Gasteiger partial charge is 0.471 e. The molecule has 0 N–H and O–H groups in total. The van der Waals surface area contributed by atoms with Crippen molar-refractivity contribution < 1.29 is 4.74 Å². The molecule has 2 heteroatoms. The zero-order valence-corrected chi connectivity index (χ0v) is 12.8. The van der Waals surface area contributed by atoms with E-state index in [4.69, 9.17) is 4.74 Å². The van der Waals surface area contributed by atoms with Crippen LogP contribution in [0.25, 0.3) is 0 Å². The number of aryl methyl sites for hydroxylation is 2. The quantitative estimate of drug-likeness (QED) is 0.738. The van der Waals surface area contributed by atoms with Gasteiger partial charge in [-0.3, -0.25) is 0 Å². The summed E-state index contributed by atoms with van der Waals surface area (Å²) in [5.74, 6) is 0.950. The fourth-order valence-corrected chi connectivity index (χ4v) is 2.39. The Hall–Kier alpha value is -1.96. The Bertz CT molecular complexity index is 565. The standard InChI is InChI=1S/C18H23NO/c1-5-19(17-11-8-9-14(2)13-17)16(4)20-18-12-7-6-10-15(18)3/h6-13,16H,5H2,1-4H3. The Kier molecular flexibility index (Phi) is 4.67. The maximum absolute atomic E-state index is 6.12. The molecule has 0 radical (unpaired) electrons. The second-order valence-corrected chi connectivity index (χ2v) is 5.11. The predicted molar refractivity (Wildman–Crippen MR) is 85.5 cm³/mol. The smallest absolute Gasteiger partial charge is 0.169 e. The van der Waals surface area contributed by atoms with E-state index in [1.165, 1.54) is 16.8 Å². The normalized spacial score (nSPS) is 12.0. The summed E-state index contributed by atoms with van der Waals surface area (Å²) in [6.07, 6.45) is 0.00269. The molecule has 0 spiro atoms. The highest BCUT2D eigenvalue weighted by molar-refractivity contribution is 5.49. The molecule has 0 heterocycles. The van der Waals surface area contributed by atoms with E-state index in [0.29, 0.717) is 0 Å². The number of nitrogens with zero attached hydrogens (tertiary/aromatic N) is 1. The van der Waals surface area contributed by atoms with E-state index in [2.05, 4.69) is 62.9 Å². The lowest BCUT2D eigenvalue weighted by Crippen LogP contribution is -2.37. The van der Waals surface area contributed by atoms with E-state index < -0.39 is 0 Å². The van der Waals surface area contributed by atoms with E-state index in [0.717, 1.165) is 12.3 Å². The molecule has 2 rings (SSSR count). The highest BCUT2D eigenvalue weighted by Crippen LogP contribution is 2.23. The Morgan fingerprint density at radius 3 is 2.45 bits per heavy atom. The summed E-state index contributed by atoms with van der Waals surface area (Å²) >= 11 is 0. The van der Waals surface area contributed by atoms with Crippen molar-refractivity contribution in [3.05, 3.63) is 59.7 Å². The fourth-order valence-electron chi connectivity index (χ4n) is 2.39. The summed E-state index contributed by atoms with van der Waals surface area (Å²) in [4.78, 5) is 2.26. The lowest BCUT2D eigenvalue weighted by atomic mass is 10.2. The van der Waals surface area contributed by atoms with Crippen molar-refractivity contribution in [1.82, 2.24) is 0 Å². The molecule has 0 bridgehead atoms. The first-order valence-electron chi connectivity index (χ1n) is 7.17. The molecule has 0 saturated heterocycles. The molecule has 20 heavy (non-hydrogen) atoms. The summed E-state index contributed by atoms with van der Waals surface area (Å²) in [6, 6.07) is 16.7. The fraction of sp³-hybridized carbons (Fsp3) is 0.333.